The van der Waals surface area contributed by atoms with E-state index >= 15 is 0 Å². The van der Waals surface area contributed by atoms with Gasteiger partial charge in [-0.05, 0) is 56.5 Å². The normalized spacial score (nSPS) is 17.2. The largest absolute Gasteiger partial charge is 0.333 e. The van der Waals surface area contributed by atoms with Gasteiger partial charge in [-0.1, -0.05) is 30.2 Å². The van der Waals surface area contributed by atoms with Gasteiger partial charge in [0.15, 0.2) is 0 Å². The summed E-state index contributed by atoms with van der Waals surface area (Å²) < 4.78 is 31.6. The van der Waals surface area contributed by atoms with Crippen LogP contribution in [-0.4, -0.2) is 45.2 Å². The second kappa shape index (κ2) is 11.3. The summed E-state index contributed by atoms with van der Waals surface area (Å²) in [5.41, 5.74) is 4.45. The van der Waals surface area contributed by atoms with Crippen molar-refractivity contribution in [3.8, 4) is 28.3 Å². The summed E-state index contributed by atoms with van der Waals surface area (Å²) in [5, 5.41) is 14.8. The third-order valence-corrected chi connectivity index (χ3v) is 7.67. The minimum Gasteiger partial charge on any atom is -0.323 e. The van der Waals surface area contributed by atoms with Crippen LogP contribution < -0.4 is 10.9 Å². The number of nitrogens with zero attached hydrogens (tertiary/aromatic N) is 8. The Kier molecular flexibility index (Phi) is 7.38. The number of hydrogen-bond donors (Lipinski definition) is 1. The fourth-order valence-corrected chi connectivity index (χ4v) is 5.42. The van der Waals surface area contributed by atoms with Gasteiger partial charge in [0.25, 0.3) is 5.56 Å². The number of pyridine rings is 1. The lowest BCUT2D eigenvalue weighted by Crippen LogP contribution is -2.26. The number of nitrogens with one attached hydrogen (secondary N) is 1. The van der Waals surface area contributed by atoms with Gasteiger partial charge in [0, 0.05) is 23.7 Å². The van der Waals surface area contributed by atoms with Gasteiger partial charge in [0.2, 0.25) is 5.91 Å². The smallest absolute Gasteiger partial charge is 0.323 e. The molecule has 1 aliphatic heterocycles. The van der Waals surface area contributed by atoms with Gasteiger partial charge >= 0.3 is 6.55 Å². The SMILES string of the molecule is Cc1ccc(-n2cc(C)nn2)c(-c2cc(=O)n([C@H]3CCC[C@@H](C)C(=O)Nc4cnn(C(F)F)c4-c4cc3ccn4)cn2)c1. The van der Waals surface area contributed by atoms with Crippen LogP contribution in [0.2, 0.25) is 0 Å². The Balaban J connectivity index is 1.45. The lowest BCUT2D eigenvalue weighted by molar-refractivity contribution is -0.119. The molecule has 6 rings (SSSR count). The van der Waals surface area contributed by atoms with Crippen LogP contribution in [0.25, 0.3) is 28.3 Å². The zero-order valence-electron chi connectivity index (χ0n) is 23.8. The number of anilines is 1. The van der Waals surface area contributed by atoms with E-state index in [-0.39, 0.29) is 28.5 Å². The molecule has 11 nitrogen and oxygen atoms in total. The Morgan fingerprint density at radius 3 is 2.60 bits per heavy atom. The highest BCUT2D eigenvalue weighted by Gasteiger charge is 2.26. The molecule has 1 N–H and O–H groups in total. The first kappa shape index (κ1) is 28.1. The Bertz CT molecular complexity index is 1880. The summed E-state index contributed by atoms with van der Waals surface area (Å²) in [6.45, 7) is 2.64. The van der Waals surface area contributed by atoms with E-state index < -0.39 is 18.5 Å². The second-order valence-electron chi connectivity index (χ2n) is 10.8. The van der Waals surface area contributed by atoms with E-state index in [0.29, 0.717) is 35.2 Å². The maximum atomic E-state index is 13.9. The first-order valence-corrected chi connectivity index (χ1v) is 13.9. The molecule has 0 unspecified atom stereocenters. The number of rotatable bonds is 4. The molecule has 0 fully saturated rings. The number of hydrogen-bond acceptors (Lipinski definition) is 7. The van der Waals surface area contributed by atoms with E-state index in [0.717, 1.165) is 22.5 Å². The number of carbonyl (C=O) groups excluding carboxylic acids is 1. The van der Waals surface area contributed by atoms with Crippen molar-refractivity contribution in [1.29, 1.82) is 0 Å². The summed E-state index contributed by atoms with van der Waals surface area (Å²) in [6, 6.07) is 10.2. The number of amides is 1. The van der Waals surface area contributed by atoms with Crippen LogP contribution in [0, 0.1) is 19.8 Å². The molecule has 1 aromatic carbocycles. The van der Waals surface area contributed by atoms with Gasteiger partial charge in [0.05, 0.1) is 53.2 Å². The molecule has 1 amide bonds. The molecule has 1 aliphatic rings. The molecular formula is C30H29F2N9O2. The average Bonchev–Trinajstić information content (AvgIpc) is 3.61. The first-order valence-electron chi connectivity index (χ1n) is 13.9. The van der Waals surface area contributed by atoms with Gasteiger partial charge < -0.3 is 5.32 Å². The molecular weight excluding hydrogens is 556 g/mol. The molecule has 0 spiro atoms. The number of carbonyl (C=O) groups is 1. The Labute approximate surface area is 245 Å². The number of fused-ring (bicyclic) bond motifs is 4. The van der Waals surface area contributed by atoms with Gasteiger partial charge in [0.1, 0.15) is 5.69 Å². The monoisotopic (exact) mass is 585 g/mol. The van der Waals surface area contributed by atoms with Crippen molar-refractivity contribution in [3.05, 3.63) is 88.5 Å². The first-order chi connectivity index (χ1) is 20.7. The zero-order chi connectivity index (χ0) is 30.2. The topological polar surface area (TPSA) is 125 Å². The number of alkyl halides is 2. The van der Waals surface area contributed by atoms with Crippen molar-refractivity contribution in [1.82, 2.24) is 39.3 Å². The van der Waals surface area contributed by atoms with Crippen LogP contribution in [0.4, 0.5) is 14.5 Å². The van der Waals surface area contributed by atoms with Gasteiger partial charge in [-0.2, -0.15) is 18.6 Å². The molecule has 0 radical (unpaired) electrons. The van der Waals surface area contributed by atoms with Crippen molar-refractivity contribution < 1.29 is 13.6 Å². The maximum Gasteiger partial charge on any atom is 0.333 e. The highest BCUT2D eigenvalue weighted by molar-refractivity contribution is 5.95. The Hall–Kier alpha value is -5.07. The molecule has 0 aliphatic carbocycles. The fraction of sp³-hybridized carbons (Fsp3) is 0.300. The predicted octanol–water partition coefficient (Wildman–Crippen LogP) is 5.11. The highest BCUT2D eigenvalue weighted by atomic mass is 19.3. The quantitative estimate of drug-likeness (QED) is 0.311. The van der Waals surface area contributed by atoms with E-state index in [9.17, 15) is 18.4 Å². The zero-order valence-corrected chi connectivity index (χ0v) is 23.8. The van der Waals surface area contributed by atoms with Gasteiger partial charge in [-0.15, -0.1) is 5.10 Å². The van der Waals surface area contributed by atoms with E-state index in [1.807, 2.05) is 32.0 Å². The number of aromatic nitrogens is 8. The van der Waals surface area contributed by atoms with Crippen LogP contribution in [0.15, 0.2) is 66.1 Å². The Morgan fingerprint density at radius 1 is 1.02 bits per heavy atom. The summed E-state index contributed by atoms with van der Waals surface area (Å²) in [5.74, 6) is -0.699. The van der Waals surface area contributed by atoms with Crippen LogP contribution in [0.1, 0.15) is 55.6 Å². The number of halogens is 2. The van der Waals surface area contributed by atoms with Crippen LogP contribution in [0.5, 0.6) is 0 Å². The minimum atomic E-state index is -2.94. The molecule has 4 aromatic heterocycles. The molecule has 2 atom stereocenters. The molecule has 0 saturated heterocycles. The van der Waals surface area contributed by atoms with Crippen LogP contribution in [0.3, 0.4) is 0 Å². The lowest BCUT2D eigenvalue weighted by Gasteiger charge is -2.23. The van der Waals surface area contributed by atoms with Crippen molar-refractivity contribution in [2.45, 2.75) is 52.6 Å². The summed E-state index contributed by atoms with van der Waals surface area (Å²) in [6.07, 6.45) is 7.69. The number of aryl methyl sites for hydroxylation is 2. The molecule has 13 heteroatoms. The van der Waals surface area contributed by atoms with Crippen molar-refractivity contribution in [2.24, 2.45) is 5.92 Å². The standard InChI is InChI=1S/C30H29F2N9O2/c1-17-7-8-26(40-15-19(3)37-38-40)21(11-17)22-13-27(42)39(16-34-22)25-6-4-5-18(2)29(43)36-24-14-35-41(30(31)32)28(24)23-12-20(25)9-10-33-23/h7-16,18,25,30H,4-6H2,1-3H3,(H,36,43)/t18-,25+/m1/s1. The van der Waals surface area contributed by atoms with E-state index in [1.165, 1.54) is 24.8 Å². The molecule has 220 valence electrons. The maximum absolute atomic E-state index is 13.9. The third-order valence-electron chi connectivity index (χ3n) is 7.67. The predicted molar refractivity (Wildman–Crippen MR) is 155 cm³/mol. The number of benzene rings is 1. The molecule has 2 bridgehead atoms. The molecule has 0 saturated carbocycles. The second-order valence-corrected chi connectivity index (χ2v) is 10.8. The van der Waals surface area contributed by atoms with Gasteiger partial charge in [-0.25, -0.2) is 9.67 Å². The van der Waals surface area contributed by atoms with E-state index in [4.69, 9.17) is 0 Å². The van der Waals surface area contributed by atoms with Crippen LogP contribution in [-0.2, 0) is 4.79 Å². The molecule has 5 heterocycles. The highest BCUT2D eigenvalue weighted by Crippen LogP contribution is 2.34. The average molecular weight is 586 g/mol. The molecule has 43 heavy (non-hydrogen) atoms. The molecule has 5 aromatic rings. The van der Waals surface area contributed by atoms with Crippen molar-refractivity contribution in [2.75, 3.05) is 5.32 Å². The van der Waals surface area contributed by atoms with E-state index in [2.05, 4.69) is 30.7 Å². The Morgan fingerprint density at radius 2 is 1.86 bits per heavy atom. The van der Waals surface area contributed by atoms with Crippen LogP contribution >= 0.6 is 0 Å². The minimum absolute atomic E-state index is 0.00660. The summed E-state index contributed by atoms with van der Waals surface area (Å²) >= 11 is 0. The van der Waals surface area contributed by atoms with Gasteiger partial charge in [-0.3, -0.25) is 19.1 Å². The summed E-state index contributed by atoms with van der Waals surface area (Å²) in [7, 11) is 0. The third kappa shape index (κ3) is 5.45. The summed E-state index contributed by atoms with van der Waals surface area (Å²) in [4.78, 5) is 35.6. The lowest BCUT2D eigenvalue weighted by atomic mass is 9.95. The van der Waals surface area contributed by atoms with Crippen molar-refractivity contribution in [3.63, 3.8) is 0 Å². The fourth-order valence-electron chi connectivity index (χ4n) is 5.42. The van der Waals surface area contributed by atoms with E-state index in [1.54, 1.807) is 34.5 Å². The van der Waals surface area contributed by atoms with Crippen molar-refractivity contribution >= 4 is 11.6 Å².